The number of hydrogen-bond acceptors (Lipinski definition) is 4. The van der Waals surface area contributed by atoms with Gasteiger partial charge in [-0.2, -0.15) is 0 Å². The van der Waals surface area contributed by atoms with E-state index in [9.17, 15) is 18.0 Å². The van der Waals surface area contributed by atoms with Crippen molar-refractivity contribution in [3.05, 3.63) is 92.9 Å². The van der Waals surface area contributed by atoms with E-state index in [2.05, 4.69) is 5.32 Å². The molecule has 0 heterocycles. The molecule has 2 amide bonds. The fourth-order valence-electron chi connectivity index (χ4n) is 3.77. The van der Waals surface area contributed by atoms with Gasteiger partial charge in [-0.1, -0.05) is 71.6 Å². The Labute approximate surface area is 244 Å². The van der Waals surface area contributed by atoms with Gasteiger partial charge < -0.3 is 10.2 Å². The third-order valence-electron chi connectivity index (χ3n) is 6.06. The molecular formula is C28H30Cl3N3O4S. The van der Waals surface area contributed by atoms with Gasteiger partial charge in [0.1, 0.15) is 12.6 Å². The van der Waals surface area contributed by atoms with Gasteiger partial charge in [0.05, 0.1) is 20.6 Å². The van der Waals surface area contributed by atoms with Crippen LogP contribution in [0.2, 0.25) is 15.1 Å². The monoisotopic (exact) mass is 609 g/mol. The van der Waals surface area contributed by atoms with Crippen molar-refractivity contribution in [2.75, 3.05) is 17.4 Å². The average Bonchev–Trinajstić information content (AvgIpc) is 2.91. The first-order valence-corrected chi connectivity index (χ1v) is 14.9. The summed E-state index contributed by atoms with van der Waals surface area (Å²) in [5.41, 5.74) is 1.77. The average molecular weight is 611 g/mol. The van der Waals surface area contributed by atoms with Crippen molar-refractivity contribution in [3.8, 4) is 0 Å². The molecule has 0 unspecified atom stereocenters. The molecule has 0 aliphatic heterocycles. The molecule has 0 saturated carbocycles. The van der Waals surface area contributed by atoms with Crippen LogP contribution >= 0.6 is 34.8 Å². The van der Waals surface area contributed by atoms with Crippen molar-refractivity contribution >= 4 is 62.3 Å². The van der Waals surface area contributed by atoms with Gasteiger partial charge in [-0.25, -0.2) is 8.42 Å². The number of aryl methyl sites for hydroxylation is 1. The Morgan fingerprint density at radius 1 is 0.923 bits per heavy atom. The Kier molecular flexibility index (Phi) is 10.7. The number of carbonyl (C=O) groups excluding carboxylic acids is 2. The number of sulfonamides is 1. The molecule has 1 N–H and O–H groups in total. The first kappa shape index (κ1) is 30.8. The summed E-state index contributed by atoms with van der Waals surface area (Å²) >= 11 is 18.3. The smallest absolute Gasteiger partial charge is 0.264 e. The van der Waals surface area contributed by atoms with E-state index < -0.39 is 28.5 Å². The zero-order valence-corrected chi connectivity index (χ0v) is 24.9. The van der Waals surface area contributed by atoms with Crippen molar-refractivity contribution in [1.29, 1.82) is 0 Å². The van der Waals surface area contributed by atoms with Crippen molar-refractivity contribution in [2.24, 2.45) is 0 Å². The minimum atomic E-state index is -4.20. The quantitative estimate of drug-likeness (QED) is 0.285. The number of carbonyl (C=O) groups is 2. The van der Waals surface area contributed by atoms with Gasteiger partial charge in [0, 0.05) is 18.1 Å². The molecule has 0 aliphatic rings. The molecule has 1 atom stereocenters. The highest BCUT2D eigenvalue weighted by Crippen LogP contribution is 2.31. The van der Waals surface area contributed by atoms with E-state index in [4.69, 9.17) is 34.8 Å². The number of amides is 2. The minimum absolute atomic E-state index is 0.00459. The maximum absolute atomic E-state index is 13.9. The van der Waals surface area contributed by atoms with Gasteiger partial charge in [-0.05, 0) is 68.3 Å². The van der Waals surface area contributed by atoms with Crippen molar-refractivity contribution in [1.82, 2.24) is 10.2 Å². The zero-order chi connectivity index (χ0) is 28.7. The maximum Gasteiger partial charge on any atom is 0.264 e. The predicted octanol–water partition coefficient (Wildman–Crippen LogP) is 6.09. The van der Waals surface area contributed by atoms with Crippen LogP contribution in [0.25, 0.3) is 0 Å². The van der Waals surface area contributed by atoms with E-state index >= 15 is 0 Å². The highest BCUT2D eigenvalue weighted by Gasteiger charge is 2.32. The van der Waals surface area contributed by atoms with Gasteiger partial charge >= 0.3 is 0 Å². The van der Waals surface area contributed by atoms with E-state index in [-0.39, 0.29) is 33.1 Å². The van der Waals surface area contributed by atoms with Crippen LogP contribution in [0.3, 0.4) is 0 Å². The van der Waals surface area contributed by atoms with E-state index in [0.29, 0.717) is 11.6 Å². The van der Waals surface area contributed by atoms with Crippen LogP contribution in [0, 0.1) is 6.92 Å². The van der Waals surface area contributed by atoms with Crippen LogP contribution in [0.1, 0.15) is 31.4 Å². The standard InChI is InChI=1S/C28H30Cl3N3O4S/c1-4-15-32-28(36)20(3)33(17-21-7-9-22(29)10-8-21)27(35)18-34(23-11-14-25(30)26(31)16-23)39(37,38)24-12-5-19(2)6-13-24/h5-14,16,20H,4,15,17-18H2,1-3H3,(H,32,36)/t20-/m0/s1. The zero-order valence-electron chi connectivity index (χ0n) is 21.8. The van der Waals surface area contributed by atoms with E-state index in [1.807, 2.05) is 13.8 Å². The fraction of sp³-hybridized carbons (Fsp3) is 0.286. The van der Waals surface area contributed by atoms with Gasteiger partial charge in [-0.3, -0.25) is 13.9 Å². The van der Waals surface area contributed by atoms with Crippen molar-refractivity contribution in [3.63, 3.8) is 0 Å². The molecule has 3 aromatic carbocycles. The van der Waals surface area contributed by atoms with Crippen LogP contribution in [0.5, 0.6) is 0 Å². The second kappa shape index (κ2) is 13.5. The summed E-state index contributed by atoms with van der Waals surface area (Å²) in [5.74, 6) is -0.924. The topological polar surface area (TPSA) is 86.8 Å². The first-order chi connectivity index (χ1) is 18.4. The third-order valence-corrected chi connectivity index (χ3v) is 8.84. The summed E-state index contributed by atoms with van der Waals surface area (Å²) in [6, 6.07) is 16.6. The van der Waals surface area contributed by atoms with Gasteiger partial charge in [0.25, 0.3) is 10.0 Å². The van der Waals surface area contributed by atoms with Crippen molar-refractivity contribution < 1.29 is 18.0 Å². The maximum atomic E-state index is 13.9. The summed E-state index contributed by atoms with van der Waals surface area (Å²) in [7, 11) is -4.20. The molecule has 0 fully saturated rings. The SMILES string of the molecule is CCCNC(=O)[C@H](C)N(Cc1ccc(Cl)cc1)C(=O)CN(c1ccc(Cl)c(Cl)c1)S(=O)(=O)c1ccc(C)cc1. The molecule has 11 heteroatoms. The summed E-state index contributed by atoms with van der Waals surface area (Å²) in [6.07, 6.45) is 0.726. The second-order valence-electron chi connectivity index (χ2n) is 9.04. The highest BCUT2D eigenvalue weighted by molar-refractivity contribution is 7.92. The molecule has 39 heavy (non-hydrogen) atoms. The Hall–Kier alpha value is -2.78. The van der Waals surface area contributed by atoms with Crippen LogP contribution in [-0.4, -0.2) is 44.3 Å². The first-order valence-electron chi connectivity index (χ1n) is 12.3. The molecule has 3 aromatic rings. The number of hydrogen-bond donors (Lipinski definition) is 1. The largest absolute Gasteiger partial charge is 0.354 e. The summed E-state index contributed by atoms with van der Waals surface area (Å²) in [6.45, 7) is 5.31. The van der Waals surface area contributed by atoms with Gasteiger partial charge in [-0.15, -0.1) is 0 Å². The lowest BCUT2D eigenvalue weighted by molar-refractivity contribution is -0.139. The van der Waals surface area contributed by atoms with E-state index in [0.717, 1.165) is 21.9 Å². The van der Waals surface area contributed by atoms with Crippen LogP contribution in [0.4, 0.5) is 5.69 Å². The Bertz CT molecular complexity index is 1410. The Balaban J connectivity index is 2.04. The number of anilines is 1. The number of rotatable bonds is 11. The molecule has 0 bridgehead atoms. The molecule has 0 spiro atoms. The lowest BCUT2D eigenvalue weighted by Gasteiger charge is -2.32. The molecule has 0 saturated heterocycles. The Morgan fingerprint density at radius 2 is 1.56 bits per heavy atom. The molecule has 208 valence electrons. The highest BCUT2D eigenvalue weighted by atomic mass is 35.5. The number of benzene rings is 3. The predicted molar refractivity (Wildman–Crippen MR) is 157 cm³/mol. The van der Waals surface area contributed by atoms with Gasteiger partial charge in [0.2, 0.25) is 11.8 Å². The van der Waals surface area contributed by atoms with Crippen LogP contribution in [-0.2, 0) is 26.2 Å². The Morgan fingerprint density at radius 3 is 2.15 bits per heavy atom. The summed E-state index contributed by atoms with van der Waals surface area (Å²) in [4.78, 5) is 28.1. The number of nitrogens with one attached hydrogen (secondary N) is 1. The molecule has 0 aromatic heterocycles. The van der Waals surface area contributed by atoms with E-state index in [1.54, 1.807) is 43.3 Å². The minimum Gasteiger partial charge on any atom is -0.354 e. The van der Waals surface area contributed by atoms with Crippen LogP contribution < -0.4 is 9.62 Å². The molecular weight excluding hydrogens is 581 g/mol. The second-order valence-corrected chi connectivity index (χ2v) is 12.2. The lowest BCUT2D eigenvalue weighted by atomic mass is 10.1. The van der Waals surface area contributed by atoms with E-state index in [1.165, 1.54) is 35.2 Å². The lowest BCUT2D eigenvalue weighted by Crippen LogP contribution is -2.51. The van der Waals surface area contributed by atoms with Crippen LogP contribution in [0.15, 0.2) is 71.6 Å². The normalized spacial score (nSPS) is 12.1. The summed E-state index contributed by atoms with van der Waals surface area (Å²) < 4.78 is 28.6. The molecule has 3 rings (SSSR count). The van der Waals surface area contributed by atoms with Gasteiger partial charge in [0.15, 0.2) is 0 Å². The fourth-order valence-corrected chi connectivity index (χ4v) is 5.60. The van der Waals surface area contributed by atoms with Crippen molar-refractivity contribution in [2.45, 2.75) is 44.7 Å². The number of nitrogens with zero attached hydrogens (tertiary/aromatic N) is 2. The summed E-state index contributed by atoms with van der Waals surface area (Å²) in [5, 5.41) is 3.71. The number of halogens is 3. The third kappa shape index (κ3) is 7.88. The molecule has 0 radical (unpaired) electrons. The molecule has 0 aliphatic carbocycles. The molecule has 7 nitrogen and oxygen atoms in total.